The third-order valence-corrected chi connectivity index (χ3v) is 3.20. The van der Waals surface area contributed by atoms with Crippen molar-refractivity contribution in [1.82, 2.24) is 5.32 Å². The molecule has 6 heteroatoms. The molecular weight excluding hydrogens is 270 g/mol. The molecule has 21 heavy (non-hydrogen) atoms. The Morgan fingerprint density at radius 3 is 2.43 bits per heavy atom. The maximum Gasteiger partial charge on any atom is 0.326 e. The molecule has 0 bridgehead atoms. The van der Waals surface area contributed by atoms with Gasteiger partial charge in [-0.2, -0.15) is 0 Å². The maximum absolute atomic E-state index is 11.9. The summed E-state index contributed by atoms with van der Waals surface area (Å²) in [5.74, 6) is -1.50. The minimum atomic E-state index is -1.07. The summed E-state index contributed by atoms with van der Waals surface area (Å²) in [7, 11) is 0. The van der Waals surface area contributed by atoms with Gasteiger partial charge in [0.2, 0.25) is 5.91 Å². The van der Waals surface area contributed by atoms with E-state index >= 15 is 0 Å². The molecular formula is C15H23N3O3. The van der Waals surface area contributed by atoms with Crippen molar-refractivity contribution in [2.24, 2.45) is 11.5 Å². The quantitative estimate of drug-likeness (QED) is 0.487. The Bertz CT molecular complexity index is 451. The fraction of sp³-hybridized carbons (Fsp3) is 0.467. The predicted molar refractivity (Wildman–Crippen MR) is 80.6 cm³/mol. The second-order valence-corrected chi connectivity index (χ2v) is 4.98. The number of carbonyl (C=O) groups is 2. The van der Waals surface area contributed by atoms with Gasteiger partial charge in [-0.25, -0.2) is 4.79 Å². The standard InChI is InChI=1S/C15H23N3O3/c16-9-5-4-8-12(17)14(19)18-13(15(20)21)10-11-6-2-1-3-7-11/h1-3,6-7,12-13H,4-5,8-10,16-17H2,(H,18,19)(H,20,21)/t12-,13+/m0/s1. The van der Waals surface area contributed by atoms with E-state index < -0.39 is 24.0 Å². The van der Waals surface area contributed by atoms with E-state index in [-0.39, 0.29) is 6.42 Å². The molecule has 6 nitrogen and oxygen atoms in total. The van der Waals surface area contributed by atoms with E-state index in [9.17, 15) is 14.7 Å². The zero-order chi connectivity index (χ0) is 15.7. The van der Waals surface area contributed by atoms with Gasteiger partial charge in [0.25, 0.3) is 0 Å². The lowest BCUT2D eigenvalue weighted by Crippen LogP contribution is -2.49. The number of carboxylic acid groups (broad SMARTS) is 1. The van der Waals surface area contributed by atoms with Gasteiger partial charge in [-0.3, -0.25) is 4.79 Å². The highest BCUT2D eigenvalue weighted by molar-refractivity contribution is 5.86. The van der Waals surface area contributed by atoms with Crippen molar-refractivity contribution in [3.63, 3.8) is 0 Å². The van der Waals surface area contributed by atoms with Gasteiger partial charge >= 0.3 is 5.97 Å². The third kappa shape index (κ3) is 6.37. The van der Waals surface area contributed by atoms with Crippen LogP contribution >= 0.6 is 0 Å². The molecule has 6 N–H and O–H groups in total. The molecule has 0 aliphatic rings. The van der Waals surface area contributed by atoms with Gasteiger partial charge in [-0.05, 0) is 24.9 Å². The molecule has 1 amide bonds. The van der Waals surface area contributed by atoms with Crippen LogP contribution in [-0.2, 0) is 16.0 Å². The fourth-order valence-electron chi connectivity index (χ4n) is 1.97. The number of hydrogen-bond acceptors (Lipinski definition) is 4. The topological polar surface area (TPSA) is 118 Å². The summed E-state index contributed by atoms with van der Waals surface area (Å²) in [6.07, 6.45) is 2.28. The van der Waals surface area contributed by atoms with Gasteiger partial charge in [0.1, 0.15) is 6.04 Å². The van der Waals surface area contributed by atoms with Gasteiger partial charge in [-0.1, -0.05) is 36.8 Å². The zero-order valence-electron chi connectivity index (χ0n) is 12.0. The Morgan fingerprint density at radius 2 is 1.86 bits per heavy atom. The Morgan fingerprint density at radius 1 is 1.19 bits per heavy atom. The van der Waals surface area contributed by atoms with Gasteiger partial charge in [0.05, 0.1) is 6.04 Å². The number of aliphatic carboxylic acids is 1. The summed E-state index contributed by atoms with van der Waals surface area (Å²) in [4.78, 5) is 23.2. The molecule has 0 heterocycles. The van der Waals surface area contributed by atoms with Crippen molar-refractivity contribution >= 4 is 11.9 Å². The normalized spacial score (nSPS) is 13.4. The first kappa shape index (κ1) is 17.1. The van der Waals surface area contributed by atoms with Crippen molar-refractivity contribution in [2.75, 3.05) is 6.54 Å². The van der Waals surface area contributed by atoms with Crippen molar-refractivity contribution in [1.29, 1.82) is 0 Å². The van der Waals surface area contributed by atoms with Crippen molar-refractivity contribution in [2.45, 2.75) is 37.8 Å². The monoisotopic (exact) mass is 293 g/mol. The van der Waals surface area contributed by atoms with Crippen LogP contribution in [0, 0.1) is 0 Å². The number of carboxylic acids is 1. The summed E-state index contributed by atoms with van der Waals surface area (Å²) < 4.78 is 0. The molecule has 2 atom stereocenters. The molecule has 0 aliphatic heterocycles. The van der Waals surface area contributed by atoms with E-state index in [1.807, 2.05) is 30.3 Å². The van der Waals surface area contributed by atoms with Crippen LogP contribution in [0.15, 0.2) is 30.3 Å². The summed E-state index contributed by atoms with van der Waals surface area (Å²) in [6, 6.07) is 7.48. The molecule has 0 aliphatic carbocycles. The maximum atomic E-state index is 11.9. The van der Waals surface area contributed by atoms with Crippen LogP contribution in [-0.4, -0.2) is 35.6 Å². The highest BCUT2D eigenvalue weighted by atomic mass is 16.4. The van der Waals surface area contributed by atoms with Crippen molar-refractivity contribution in [3.8, 4) is 0 Å². The highest BCUT2D eigenvalue weighted by Crippen LogP contribution is 2.05. The average Bonchev–Trinajstić information content (AvgIpc) is 2.47. The lowest BCUT2D eigenvalue weighted by atomic mass is 10.0. The lowest BCUT2D eigenvalue weighted by molar-refractivity contribution is -0.142. The summed E-state index contributed by atoms with van der Waals surface area (Å²) in [5.41, 5.74) is 12.0. The first-order valence-electron chi connectivity index (χ1n) is 7.07. The lowest BCUT2D eigenvalue weighted by Gasteiger charge is -2.18. The first-order chi connectivity index (χ1) is 10.0. The van der Waals surface area contributed by atoms with Crippen LogP contribution < -0.4 is 16.8 Å². The van der Waals surface area contributed by atoms with Gasteiger partial charge < -0.3 is 21.9 Å². The number of rotatable bonds is 9. The van der Waals surface area contributed by atoms with Gasteiger partial charge in [0.15, 0.2) is 0 Å². The summed E-state index contributed by atoms with van der Waals surface area (Å²) in [6.45, 7) is 0.556. The summed E-state index contributed by atoms with van der Waals surface area (Å²) >= 11 is 0. The molecule has 0 fully saturated rings. The first-order valence-corrected chi connectivity index (χ1v) is 7.07. The van der Waals surface area contributed by atoms with Crippen LogP contribution in [0.25, 0.3) is 0 Å². The van der Waals surface area contributed by atoms with Crippen LogP contribution in [0.4, 0.5) is 0 Å². The van der Waals surface area contributed by atoms with E-state index in [1.165, 1.54) is 0 Å². The molecule has 0 aromatic heterocycles. The molecule has 0 saturated carbocycles. The number of benzene rings is 1. The van der Waals surface area contributed by atoms with Crippen LogP contribution in [0.2, 0.25) is 0 Å². The predicted octanol–water partition coefficient (Wildman–Crippen LogP) is 0.255. The minimum Gasteiger partial charge on any atom is -0.480 e. The second-order valence-electron chi connectivity index (χ2n) is 4.98. The smallest absolute Gasteiger partial charge is 0.326 e. The molecule has 0 radical (unpaired) electrons. The molecule has 0 spiro atoms. The number of hydrogen-bond donors (Lipinski definition) is 4. The van der Waals surface area contributed by atoms with E-state index in [2.05, 4.69) is 5.32 Å². The Hall–Kier alpha value is -1.92. The number of carbonyl (C=O) groups excluding carboxylic acids is 1. The number of nitrogens with one attached hydrogen (secondary N) is 1. The Kier molecular flexibility index (Phi) is 7.42. The molecule has 1 aromatic carbocycles. The van der Waals surface area contributed by atoms with Crippen molar-refractivity contribution < 1.29 is 14.7 Å². The fourth-order valence-corrected chi connectivity index (χ4v) is 1.97. The minimum absolute atomic E-state index is 0.234. The van der Waals surface area contributed by atoms with Crippen molar-refractivity contribution in [3.05, 3.63) is 35.9 Å². The van der Waals surface area contributed by atoms with Gasteiger partial charge in [0, 0.05) is 6.42 Å². The largest absolute Gasteiger partial charge is 0.480 e. The average molecular weight is 293 g/mol. The van der Waals surface area contributed by atoms with Crippen LogP contribution in [0.1, 0.15) is 24.8 Å². The highest BCUT2D eigenvalue weighted by Gasteiger charge is 2.23. The van der Waals surface area contributed by atoms with E-state index in [1.54, 1.807) is 0 Å². The SMILES string of the molecule is NCCCC[C@H](N)C(=O)N[C@H](Cc1ccccc1)C(=O)O. The number of amides is 1. The summed E-state index contributed by atoms with van der Waals surface area (Å²) in [5, 5.41) is 11.7. The number of nitrogens with two attached hydrogens (primary N) is 2. The molecule has 1 rings (SSSR count). The third-order valence-electron chi connectivity index (χ3n) is 3.20. The zero-order valence-corrected chi connectivity index (χ0v) is 12.0. The van der Waals surface area contributed by atoms with Crippen LogP contribution in [0.3, 0.4) is 0 Å². The van der Waals surface area contributed by atoms with E-state index in [4.69, 9.17) is 11.5 Å². The van der Waals surface area contributed by atoms with Gasteiger partial charge in [-0.15, -0.1) is 0 Å². The molecule has 116 valence electrons. The Labute approximate surface area is 124 Å². The Balaban J connectivity index is 2.54. The van der Waals surface area contributed by atoms with E-state index in [0.717, 1.165) is 18.4 Å². The molecule has 0 saturated heterocycles. The second kappa shape index (κ2) is 9.10. The van der Waals surface area contributed by atoms with Crippen LogP contribution in [0.5, 0.6) is 0 Å². The molecule has 1 aromatic rings. The molecule has 0 unspecified atom stereocenters. The number of unbranched alkanes of at least 4 members (excludes halogenated alkanes) is 1. The van der Waals surface area contributed by atoms with E-state index in [0.29, 0.717) is 13.0 Å².